The van der Waals surface area contributed by atoms with E-state index in [-0.39, 0.29) is 37.9 Å². The Morgan fingerprint density at radius 2 is 1.60 bits per heavy atom. The third kappa shape index (κ3) is 12.1. The first kappa shape index (κ1) is 43.0. The number of likely N-dealkylation sites (N-methyl/N-ethyl adjacent to an activating group) is 1. The first-order valence-electron chi connectivity index (χ1n) is 16.8. The Balaban J connectivity index is 3.37. The summed E-state index contributed by atoms with van der Waals surface area (Å²) in [7, 11) is -1.04. The van der Waals surface area contributed by atoms with Gasteiger partial charge in [0.1, 0.15) is 12.1 Å². The van der Waals surface area contributed by atoms with E-state index in [1.807, 2.05) is 41.5 Å². The molecule has 0 aromatic rings. The number of hydrogen-bond acceptors (Lipinski definition) is 7. The van der Waals surface area contributed by atoms with Crippen LogP contribution in [0.2, 0.25) is 0 Å². The molecule has 1 rings (SSSR count). The summed E-state index contributed by atoms with van der Waals surface area (Å²) in [6.45, 7) is 20.8. The van der Waals surface area contributed by atoms with Gasteiger partial charge in [-0.15, -0.1) is 6.58 Å². The Hall–Kier alpha value is -3.04. The molecule has 5 N–H and O–H groups in total. The van der Waals surface area contributed by atoms with Crippen molar-refractivity contribution in [2.45, 2.75) is 112 Å². The van der Waals surface area contributed by atoms with Crippen molar-refractivity contribution in [1.29, 1.82) is 0 Å². The number of urea groups is 1. The standard InChI is InChI=1S/C33H61N7O7S/c1-13-15-16-23(26(41)29(43)35-18-14-2)36-28(42)25-22(21(3)4)17-19-40(25)30(44)27(33(8,9)10)38-31(45)37-24(32(5,6)7)20-39(12)48(46,47)34-11/h14,21-25,27,34H,2,13,15-20H2,1,3-12H3,(H,35,43)(H,36,42)(H2,37,38,45)/t22-,23?,24-,25+,27-/m1/s1. The van der Waals surface area contributed by atoms with Crippen molar-refractivity contribution in [3.05, 3.63) is 12.7 Å². The highest BCUT2D eigenvalue weighted by molar-refractivity contribution is 7.87. The lowest BCUT2D eigenvalue weighted by Crippen LogP contribution is -2.62. The fraction of sp³-hybridized carbons (Fsp3) is 0.788. The predicted octanol–water partition coefficient (Wildman–Crippen LogP) is 1.93. The van der Waals surface area contributed by atoms with Crippen molar-refractivity contribution in [1.82, 2.24) is 35.2 Å². The molecule has 1 aliphatic heterocycles. The molecule has 0 aromatic heterocycles. The number of likely N-dealkylation sites (tertiary alicyclic amines) is 1. The molecular formula is C33H61N7O7S. The average molecular weight is 700 g/mol. The summed E-state index contributed by atoms with van der Waals surface area (Å²) in [5, 5.41) is 10.9. The zero-order chi connectivity index (χ0) is 37.2. The molecule has 276 valence electrons. The second-order valence-corrected chi connectivity index (χ2v) is 17.0. The third-order valence-corrected chi connectivity index (χ3v) is 10.3. The van der Waals surface area contributed by atoms with Crippen LogP contribution in [0.25, 0.3) is 0 Å². The summed E-state index contributed by atoms with van der Waals surface area (Å²) >= 11 is 0. The van der Waals surface area contributed by atoms with Crippen LogP contribution in [0.3, 0.4) is 0 Å². The summed E-state index contributed by atoms with van der Waals surface area (Å²) in [6, 6.07) is -4.33. The van der Waals surface area contributed by atoms with Crippen LogP contribution < -0.4 is 26.0 Å². The number of amides is 5. The number of nitrogens with zero attached hydrogens (tertiary/aromatic N) is 2. The fourth-order valence-electron chi connectivity index (χ4n) is 5.63. The van der Waals surface area contributed by atoms with Crippen LogP contribution in [-0.4, -0.2) is 105 Å². The lowest BCUT2D eigenvalue weighted by atomic mass is 9.84. The highest BCUT2D eigenvalue weighted by Gasteiger charge is 2.48. The summed E-state index contributed by atoms with van der Waals surface area (Å²) < 4.78 is 28.1. The molecule has 5 atom stereocenters. The molecule has 0 radical (unpaired) electrons. The van der Waals surface area contributed by atoms with E-state index < -0.39 is 74.7 Å². The number of carbonyl (C=O) groups excluding carboxylic acids is 5. The zero-order valence-electron chi connectivity index (χ0n) is 30.9. The van der Waals surface area contributed by atoms with Gasteiger partial charge in [-0.3, -0.25) is 19.2 Å². The number of ketones is 1. The van der Waals surface area contributed by atoms with Crippen molar-refractivity contribution < 1.29 is 32.4 Å². The van der Waals surface area contributed by atoms with Gasteiger partial charge in [0.2, 0.25) is 17.6 Å². The van der Waals surface area contributed by atoms with Gasteiger partial charge in [-0.2, -0.15) is 12.7 Å². The van der Waals surface area contributed by atoms with Gasteiger partial charge in [0.25, 0.3) is 16.1 Å². The summed E-state index contributed by atoms with van der Waals surface area (Å²) in [4.78, 5) is 68.8. The van der Waals surface area contributed by atoms with Crippen LogP contribution >= 0.6 is 0 Å². The van der Waals surface area contributed by atoms with Crippen molar-refractivity contribution in [2.75, 3.05) is 33.7 Å². The molecule has 14 nitrogen and oxygen atoms in total. The van der Waals surface area contributed by atoms with Gasteiger partial charge in [-0.05, 0) is 35.5 Å². The van der Waals surface area contributed by atoms with E-state index in [4.69, 9.17) is 0 Å². The molecule has 48 heavy (non-hydrogen) atoms. The quantitative estimate of drug-likeness (QED) is 0.113. The Bertz CT molecular complexity index is 1260. The number of Topliss-reactive ketones (excluding diaryl/α,β-unsaturated/α-hetero) is 1. The Labute approximate surface area is 288 Å². The van der Waals surface area contributed by atoms with E-state index in [2.05, 4.69) is 32.6 Å². The van der Waals surface area contributed by atoms with Gasteiger partial charge in [0.15, 0.2) is 0 Å². The zero-order valence-corrected chi connectivity index (χ0v) is 31.7. The maximum atomic E-state index is 14.3. The molecular weight excluding hydrogens is 638 g/mol. The molecule has 0 saturated carbocycles. The van der Waals surface area contributed by atoms with Crippen molar-refractivity contribution in [3.8, 4) is 0 Å². The number of nitrogens with one attached hydrogen (secondary N) is 5. The van der Waals surface area contributed by atoms with Crippen LogP contribution in [0.1, 0.15) is 88.0 Å². The molecule has 1 aliphatic rings. The Morgan fingerprint density at radius 3 is 2.08 bits per heavy atom. The minimum atomic E-state index is -3.75. The van der Waals surface area contributed by atoms with Gasteiger partial charge in [-0.1, -0.05) is 81.2 Å². The van der Waals surface area contributed by atoms with E-state index in [9.17, 15) is 32.4 Å². The normalized spacial score (nSPS) is 19.0. The highest BCUT2D eigenvalue weighted by atomic mass is 32.2. The Morgan fingerprint density at radius 1 is 1.00 bits per heavy atom. The Kier molecular flexibility index (Phi) is 16.2. The van der Waals surface area contributed by atoms with E-state index >= 15 is 0 Å². The number of carbonyl (C=O) groups is 5. The second-order valence-electron chi connectivity index (χ2n) is 15.1. The maximum absolute atomic E-state index is 14.3. The summed E-state index contributed by atoms with van der Waals surface area (Å²) in [6.07, 6.45) is 3.60. The van der Waals surface area contributed by atoms with Crippen LogP contribution in [0.5, 0.6) is 0 Å². The van der Waals surface area contributed by atoms with E-state index in [1.54, 1.807) is 20.8 Å². The topological polar surface area (TPSA) is 186 Å². The lowest BCUT2D eigenvalue weighted by molar-refractivity contribution is -0.144. The van der Waals surface area contributed by atoms with Gasteiger partial charge in [0.05, 0.1) is 6.04 Å². The third-order valence-electron chi connectivity index (χ3n) is 8.81. The molecule has 1 fully saturated rings. The van der Waals surface area contributed by atoms with Crippen LogP contribution in [-0.2, 0) is 29.4 Å². The molecule has 0 spiro atoms. The van der Waals surface area contributed by atoms with Gasteiger partial charge < -0.3 is 26.2 Å². The highest BCUT2D eigenvalue weighted by Crippen LogP contribution is 2.33. The smallest absolute Gasteiger partial charge is 0.315 e. The van der Waals surface area contributed by atoms with Gasteiger partial charge >= 0.3 is 6.03 Å². The van der Waals surface area contributed by atoms with E-state index in [0.717, 1.165) is 10.7 Å². The fourth-order valence-corrected chi connectivity index (χ4v) is 6.29. The van der Waals surface area contributed by atoms with Crippen LogP contribution in [0, 0.1) is 22.7 Å². The van der Waals surface area contributed by atoms with E-state index in [0.29, 0.717) is 12.8 Å². The largest absolute Gasteiger partial charge is 0.346 e. The van der Waals surface area contributed by atoms with Crippen LogP contribution in [0.4, 0.5) is 4.79 Å². The van der Waals surface area contributed by atoms with Gasteiger partial charge in [0, 0.05) is 39.8 Å². The molecule has 0 aromatic carbocycles. The van der Waals surface area contributed by atoms with Crippen molar-refractivity contribution in [2.24, 2.45) is 22.7 Å². The van der Waals surface area contributed by atoms with Crippen molar-refractivity contribution >= 4 is 39.7 Å². The van der Waals surface area contributed by atoms with E-state index in [1.165, 1.54) is 25.1 Å². The number of hydrogen-bond donors (Lipinski definition) is 5. The monoisotopic (exact) mass is 699 g/mol. The van der Waals surface area contributed by atoms with Crippen molar-refractivity contribution in [3.63, 3.8) is 0 Å². The number of unbranched alkanes of at least 4 members (excludes halogenated alkanes) is 1. The molecule has 0 bridgehead atoms. The predicted molar refractivity (Wildman–Crippen MR) is 187 cm³/mol. The summed E-state index contributed by atoms with van der Waals surface area (Å²) in [5.74, 6) is -2.77. The summed E-state index contributed by atoms with van der Waals surface area (Å²) in [5.41, 5.74) is -1.33. The first-order valence-corrected chi connectivity index (χ1v) is 18.2. The molecule has 15 heteroatoms. The molecule has 0 aliphatic carbocycles. The first-order chi connectivity index (χ1) is 22.0. The van der Waals surface area contributed by atoms with Gasteiger partial charge in [-0.25, -0.2) is 9.52 Å². The minimum absolute atomic E-state index is 0.0157. The molecule has 5 amide bonds. The molecule has 1 heterocycles. The minimum Gasteiger partial charge on any atom is -0.346 e. The average Bonchev–Trinajstić information content (AvgIpc) is 3.44. The number of rotatable bonds is 17. The second kappa shape index (κ2) is 18.1. The molecule has 1 unspecified atom stereocenters. The maximum Gasteiger partial charge on any atom is 0.315 e. The SMILES string of the molecule is C=CCNC(=O)C(=O)C(CCCC)NC(=O)[C@@H]1[C@@H](C(C)C)CCN1C(=O)[C@@H](NC(=O)N[C@H](CN(C)S(=O)(=O)NC)C(C)(C)C)C(C)(C)C. The molecule has 1 saturated heterocycles. The van der Waals surface area contributed by atoms with Crippen LogP contribution in [0.15, 0.2) is 12.7 Å². The lowest BCUT2D eigenvalue weighted by Gasteiger charge is -2.38.